The van der Waals surface area contributed by atoms with Gasteiger partial charge < -0.3 is 5.11 Å². The van der Waals surface area contributed by atoms with Gasteiger partial charge in [-0.25, -0.2) is 5.43 Å². The summed E-state index contributed by atoms with van der Waals surface area (Å²) in [6, 6.07) is 9.71. The van der Waals surface area contributed by atoms with Crippen molar-refractivity contribution in [1.29, 1.82) is 0 Å². The molecule has 1 amide bonds. The number of hydrogen-bond acceptors (Lipinski definition) is 3. The summed E-state index contributed by atoms with van der Waals surface area (Å²) in [5, 5.41) is 9.16. The minimum absolute atomic E-state index is 0.215. The van der Waals surface area contributed by atoms with Gasteiger partial charge in [-0.1, -0.05) is 43.2 Å². The molecule has 0 saturated heterocycles. The Morgan fingerprint density at radius 1 is 1.10 bits per heavy atom. The molecule has 0 radical (unpaired) electrons. The summed E-state index contributed by atoms with van der Waals surface area (Å²) >= 11 is 0. The maximum Gasteiger partial charge on any atom is 0.307 e. The predicted octanol–water partition coefficient (Wildman–Crippen LogP) is 1.70. The molecule has 3 N–H and O–H groups in total. The van der Waals surface area contributed by atoms with Crippen molar-refractivity contribution in [3.63, 3.8) is 0 Å². The zero-order valence-electron chi connectivity index (χ0n) is 11.3. The minimum atomic E-state index is -0.868. The molecule has 1 aliphatic rings. The molecule has 1 aliphatic carbocycles. The van der Waals surface area contributed by atoms with E-state index in [0.29, 0.717) is 19.4 Å². The third-order valence-electron chi connectivity index (χ3n) is 3.77. The fourth-order valence-electron chi connectivity index (χ4n) is 2.66. The topological polar surface area (TPSA) is 78.4 Å². The first-order valence-corrected chi connectivity index (χ1v) is 6.98. The van der Waals surface area contributed by atoms with E-state index in [1.54, 1.807) is 0 Å². The minimum Gasteiger partial charge on any atom is -0.481 e. The number of carbonyl (C=O) groups excluding carboxylic acids is 1. The maximum absolute atomic E-state index is 12.1. The smallest absolute Gasteiger partial charge is 0.307 e. The zero-order valence-corrected chi connectivity index (χ0v) is 11.3. The van der Waals surface area contributed by atoms with Crippen LogP contribution in [0.1, 0.15) is 31.2 Å². The highest BCUT2D eigenvalue weighted by molar-refractivity contribution is 5.84. The fraction of sp³-hybridized carbons (Fsp3) is 0.467. The van der Waals surface area contributed by atoms with Crippen molar-refractivity contribution in [3.05, 3.63) is 35.9 Å². The summed E-state index contributed by atoms with van der Waals surface area (Å²) in [5.74, 6) is -2.06. The molecule has 108 valence electrons. The highest BCUT2D eigenvalue weighted by atomic mass is 16.4. The number of hydrogen-bond donors (Lipinski definition) is 3. The molecule has 1 fully saturated rings. The van der Waals surface area contributed by atoms with Crippen LogP contribution in [-0.4, -0.2) is 17.0 Å². The quantitative estimate of drug-likeness (QED) is 0.715. The zero-order chi connectivity index (χ0) is 14.4. The van der Waals surface area contributed by atoms with Crippen LogP contribution in [0, 0.1) is 11.8 Å². The average Bonchev–Trinajstić information content (AvgIpc) is 2.48. The van der Waals surface area contributed by atoms with Crippen molar-refractivity contribution in [3.8, 4) is 0 Å². The third kappa shape index (κ3) is 3.81. The Labute approximate surface area is 118 Å². The summed E-state index contributed by atoms with van der Waals surface area (Å²) in [7, 11) is 0. The van der Waals surface area contributed by atoms with Crippen molar-refractivity contribution in [2.24, 2.45) is 11.8 Å². The van der Waals surface area contributed by atoms with E-state index in [1.165, 1.54) is 0 Å². The molecule has 0 aromatic heterocycles. The Kier molecular flexibility index (Phi) is 5.12. The number of carboxylic acids is 1. The molecule has 5 heteroatoms. The lowest BCUT2D eigenvalue weighted by molar-refractivity contribution is -0.149. The van der Waals surface area contributed by atoms with Gasteiger partial charge in [-0.3, -0.25) is 15.0 Å². The SMILES string of the molecule is O=C(O)[C@@H]1CCCC[C@H]1C(=O)NNCc1ccccc1. The molecule has 20 heavy (non-hydrogen) atoms. The van der Waals surface area contributed by atoms with Gasteiger partial charge in [0.1, 0.15) is 0 Å². The Hall–Kier alpha value is -1.88. The molecule has 2 rings (SSSR count). The van der Waals surface area contributed by atoms with E-state index in [1.807, 2.05) is 30.3 Å². The second-order valence-electron chi connectivity index (χ2n) is 5.16. The van der Waals surface area contributed by atoms with Crippen LogP contribution in [0.25, 0.3) is 0 Å². The molecule has 0 bridgehead atoms. The van der Waals surface area contributed by atoms with E-state index < -0.39 is 17.8 Å². The molecule has 1 saturated carbocycles. The van der Waals surface area contributed by atoms with Gasteiger partial charge in [0.2, 0.25) is 5.91 Å². The Balaban J connectivity index is 1.83. The fourth-order valence-corrected chi connectivity index (χ4v) is 2.66. The Morgan fingerprint density at radius 2 is 1.75 bits per heavy atom. The first-order valence-electron chi connectivity index (χ1n) is 6.98. The first-order chi connectivity index (χ1) is 9.68. The number of hydrazine groups is 1. The first kappa shape index (κ1) is 14.5. The predicted molar refractivity (Wildman–Crippen MR) is 74.5 cm³/mol. The standard InChI is InChI=1S/C15H20N2O3/c18-14(12-8-4-5-9-13(12)15(19)20)17-16-10-11-6-2-1-3-7-11/h1-3,6-7,12-13,16H,4-5,8-10H2,(H,17,18)(H,19,20)/t12-,13-/m1/s1. The van der Waals surface area contributed by atoms with Gasteiger partial charge >= 0.3 is 5.97 Å². The van der Waals surface area contributed by atoms with Crippen LogP contribution < -0.4 is 10.9 Å². The molecular formula is C15H20N2O3. The maximum atomic E-state index is 12.1. The van der Waals surface area contributed by atoms with Crippen LogP contribution in [0.15, 0.2) is 30.3 Å². The van der Waals surface area contributed by atoms with Crippen molar-refractivity contribution in [2.75, 3.05) is 0 Å². The lowest BCUT2D eigenvalue weighted by Crippen LogP contribution is -2.45. The molecule has 0 heterocycles. The molecule has 1 aromatic carbocycles. The number of carbonyl (C=O) groups is 2. The van der Waals surface area contributed by atoms with Crippen molar-refractivity contribution < 1.29 is 14.7 Å². The highest BCUT2D eigenvalue weighted by Crippen LogP contribution is 2.30. The van der Waals surface area contributed by atoms with E-state index in [2.05, 4.69) is 10.9 Å². The second-order valence-corrected chi connectivity index (χ2v) is 5.16. The van der Waals surface area contributed by atoms with Gasteiger partial charge in [0, 0.05) is 6.54 Å². The van der Waals surface area contributed by atoms with Gasteiger partial charge in [0.25, 0.3) is 0 Å². The number of rotatable bonds is 5. The molecule has 0 unspecified atom stereocenters. The largest absolute Gasteiger partial charge is 0.481 e. The molecule has 5 nitrogen and oxygen atoms in total. The summed E-state index contributed by atoms with van der Waals surface area (Å²) in [4.78, 5) is 23.2. The Bertz CT molecular complexity index is 461. The van der Waals surface area contributed by atoms with E-state index in [9.17, 15) is 9.59 Å². The van der Waals surface area contributed by atoms with Crippen LogP contribution in [0.4, 0.5) is 0 Å². The molecule has 0 aliphatic heterocycles. The normalized spacial score (nSPS) is 22.2. The number of aliphatic carboxylic acids is 1. The molecule has 1 aromatic rings. The summed E-state index contributed by atoms with van der Waals surface area (Å²) in [6.45, 7) is 0.525. The van der Waals surface area contributed by atoms with E-state index >= 15 is 0 Å². The van der Waals surface area contributed by atoms with Crippen LogP contribution in [0.2, 0.25) is 0 Å². The van der Waals surface area contributed by atoms with Gasteiger partial charge in [-0.2, -0.15) is 0 Å². The van der Waals surface area contributed by atoms with Crippen LogP contribution in [-0.2, 0) is 16.1 Å². The summed E-state index contributed by atoms with van der Waals surface area (Å²) in [6.07, 6.45) is 3.04. The van der Waals surface area contributed by atoms with Crippen LogP contribution in [0.3, 0.4) is 0 Å². The molecule has 2 atom stereocenters. The summed E-state index contributed by atoms with van der Waals surface area (Å²) in [5.41, 5.74) is 6.56. The van der Waals surface area contributed by atoms with Crippen LogP contribution in [0.5, 0.6) is 0 Å². The average molecular weight is 276 g/mol. The monoisotopic (exact) mass is 276 g/mol. The third-order valence-corrected chi connectivity index (χ3v) is 3.77. The Morgan fingerprint density at radius 3 is 2.40 bits per heavy atom. The van der Waals surface area contributed by atoms with E-state index in [4.69, 9.17) is 5.11 Å². The number of carboxylic acid groups (broad SMARTS) is 1. The van der Waals surface area contributed by atoms with E-state index in [0.717, 1.165) is 18.4 Å². The highest BCUT2D eigenvalue weighted by Gasteiger charge is 2.35. The second kappa shape index (κ2) is 7.05. The van der Waals surface area contributed by atoms with E-state index in [-0.39, 0.29) is 5.91 Å². The number of benzene rings is 1. The van der Waals surface area contributed by atoms with Crippen molar-refractivity contribution >= 4 is 11.9 Å². The lowest BCUT2D eigenvalue weighted by Gasteiger charge is -2.27. The van der Waals surface area contributed by atoms with Crippen LogP contribution >= 0.6 is 0 Å². The summed E-state index contributed by atoms with van der Waals surface area (Å²) < 4.78 is 0. The van der Waals surface area contributed by atoms with Gasteiger partial charge in [-0.05, 0) is 18.4 Å². The number of nitrogens with one attached hydrogen (secondary N) is 2. The molecule has 0 spiro atoms. The molecular weight excluding hydrogens is 256 g/mol. The van der Waals surface area contributed by atoms with Gasteiger partial charge in [0.05, 0.1) is 11.8 Å². The van der Waals surface area contributed by atoms with Gasteiger partial charge in [0.15, 0.2) is 0 Å². The van der Waals surface area contributed by atoms with Gasteiger partial charge in [-0.15, -0.1) is 0 Å². The lowest BCUT2D eigenvalue weighted by atomic mass is 9.79. The van der Waals surface area contributed by atoms with Crippen molar-refractivity contribution in [2.45, 2.75) is 32.2 Å². The van der Waals surface area contributed by atoms with Crippen molar-refractivity contribution in [1.82, 2.24) is 10.9 Å². The number of amides is 1.